The molecule has 1 saturated heterocycles. The van der Waals surface area contributed by atoms with Crippen molar-refractivity contribution < 1.29 is 9.84 Å². The van der Waals surface area contributed by atoms with E-state index in [0.717, 1.165) is 19.0 Å². The number of rotatable bonds is 5. The SMILES string of the molecule is CCN(CC1CC1)CC1C(O)C(C)(C)OC1(C)C. The van der Waals surface area contributed by atoms with Gasteiger partial charge in [-0.25, -0.2) is 0 Å². The summed E-state index contributed by atoms with van der Waals surface area (Å²) in [7, 11) is 0. The number of hydrogen-bond donors (Lipinski definition) is 1. The van der Waals surface area contributed by atoms with Crippen LogP contribution in [0.15, 0.2) is 0 Å². The van der Waals surface area contributed by atoms with Crippen molar-refractivity contribution in [3.8, 4) is 0 Å². The van der Waals surface area contributed by atoms with Crippen molar-refractivity contribution >= 4 is 0 Å². The standard InChI is InChI=1S/C15H29NO2/c1-6-16(9-11-7-8-11)10-12-13(17)15(4,5)18-14(12,2)3/h11-13,17H,6-10H2,1-5H3. The van der Waals surface area contributed by atoms with Crippen LogP contribution in [0.2, 0.25) is 0 Å². The zero-order chi connectivity index (χ0) is 13.6. The highest BCUT2D eigenvalue weighted by Crippen LogP contribution is 2.43. The summed E-state index contributed by atoms with van der Waals surface area (Å²) in [6, 6.07) is 0. The van der Waals surface area contributed by atoms with Gasteiger partial charge in [0.1, 0.15) is 0 Å². The van der Waals surface area contributed by atoms with E-state index in [1.54, 1.807) is 0 Å². The predicted octanol–water partition coefficient (Wildman–Crippen LogP) is 2.28. The number of aliphatic hydroxyl groups is 1. The first-order chi connectivity index (χ1) is 8.26. The van der Waals surface area contributed by atoms with Crippen LogP contribution in [0, 0.1) is 11.8 Å². The summed E-state index contributed by atoms with van der Waals surface area (Å²) < 4.78 is 6.05. The molecule has 0 radical (unpaired) electrons. The van der Waals surface area contributed by atoms with Gasteiger partial charge in [-0.1, -0.05) is 6.92 Å². The van der Waals surface area contributed by atoms with E-state index in [1.165, 1.54) is 19.4 Å². The average molecular weight is 255 g/mol. The first-order valence-electron chi connectivity index (χ1n) is 7.37. The lowest BCUT2D eigenvalue weighted by Crippen LogP contribution is -2.44. The zero-order valence-electron chi connectivity index (χ0n) is 12.6. The lowest BCUT2D eigenvalue weighted by Gasteiger charge is -2.32. The Morgan fingerprint density at radius 3 is 2.11 bits per heavy atom. The molecule has 1 saturated carbocycles. The molecule has 0 aromatic heterocycles. The maximum Gasteiger partial charge on any atom is 0.0896 e. The highest BCUT2D eigenvalue weighted by molar-refractivity contribution is 5.02. The van der Waals surface area contributed by atoms with E-state index in [4.69, 9.17) is 4.74 Å². The molecule has 2 aliphatic rings. The molecule has 2 fully saturated rings. The Morgan fingerprint density at radius 2 is 1.72 bits per heavy atom. The zero-order valence-corrected chi connectivity index (χ0v) is 12.6. The van der Waals surface area contributed by atoms with Crippen molar-refractivity contribution in [2.75, 3.05) is 19.6 Å². The Balaban J connectivity index is 2.01. The quantitative estimate of drug-likeness (QED) is 0.818. The van der Waals surface area contributed by atoms with Crippen molar-refractivity contribution in [3.63, 3.8) is 0 Å². The van der Waals surface area contributed by atoms with Gasteiger partial charge in [0.2, 0.25) is 0 Å². The summed E-state index contributed by atoms with van der Waals surface area (Å²) in [6.45, 7) is 13.6. The minimum Gasteiger partial charge on any atom is -0.390 e. The topological polar surface area (TPSA) is 32.7 Å². The third-order valence-electron chi connectivity index (χ3n) is 4.63. The first-order valence-corrected chi connectivity index (χ1v) is 7.37. The smallest absolute Gasteiger partial charge is 0.0896 e. The third-order valence-corrected chi connectivity index (χ3v) is 4.63. The summed E-state index contributed by atoms with van der Waals surface area (Å²) in [5.41, 5.74) is -0.660. The highest BCUT2D eigenvalue weighted by atomic mass is 16.5. The van der Waals surface area contributed by atoms with Crippen molar-refractivity contribution in [1.29, 1.82) is 0 Å². The molecule has 0 amide bonds. The molecule has 0 aromatic carbocycles. The van der Waals surface area contributed by atoms with Crippen LogP contribution in [0.1, 0.15) is 47.5 Å². The van der Waals surface area contributed by atoms with Gasteiger partial charge in [-0.15, -0.1) is 0 Å². The Hall–Kier alpha value is -0.120. The Morgan fingerprint density at radius 1 is 1.11 bits per heavy atom. The largest absolute Gasteiger partial charge is 0.390 e. The number of nitrogens with zero attached hydrogens (tertiary/aromatic N) is 1. The maximum atomic E-state index is 10.5. The number of aliphatic hydroxyl groups excluding tert-OH is 1. The summed E-state index contributed by atoms with van der Waals surface area (Å²) in [4.78, 5) is 2.48. The van der Waals surface area contributed by atoms with Gasteiger partial charge < -0.3 is 14.7 Å². The van der Waals surface area contributed by atoms with Crippen LogP contribution in [-0.2, 0) is 4.74 Å². The van der Waals surface area contributed by atoms with Gasteiger partial charge >= 0.3 is 0 Å². The van der Waals surface area contributed by atoms with Crippen LogP contribution in [-0.4, -0.2) is 46.9 Å². The van der Waals surface area contributed by atoms with Gasteiger partial charge in [0.15, 0.2) is 0 Å². The molecule has 2 atom stereocenters. The normalized spacial score (nSPS) is 34.2. The van der Waals surface area contributed by atoms with Crippen LogP contribution < -0.4 is 0 Å². The van der Waals surface area contributed by atoms with Crippen molar-refractivity contribution in [3.05, 3.63) is 0 Å². The van der Waals surface area contributed by atoms with Gasteiger partial charge in [0.25, 0.3) is 0 Å². The molecule has 106 valence electrons. The van der Waals surface area contributed by atoms with Crippen LogP contribution in [0.25, 0.3) is 0 Å². The molecule has 18 heavy (non-hydrogen) atoms. The molecule has 3 nitrogen and oxygen atoms in total. The summed E-state index contributed by atoms with van der Waals surface area (Å²) in [5, 5.41) is 10.5. The van der Waals surface area contributed by atoms with E-state index in [9.17, 15) is 5.11 Å². The molecule has 1 aliphatic carbocycles. The van der Waals surface area contributed by atoms with E-state index in [1.807, 2.05) is 13.8 Å². The van der Waals surface area contributed by atoms with Crippen LogP contribution in [0.5, 0.6) is 0 Å². The number of ether oxygens (including phenoxy) is 1. The second-order valence-electron chi connectivity index (χ2n) is 7.16. The Kier molecular flexibility index (Phi) is 3.79. The van der Waals surface area contributed by atoms with Crippen LogP contribution in [0.4, 0.5) is 0 Å². The van der Waals surface area contributed by atoms with E-state index >= 15 is 0 Å². The molecule has 1 aliphatic heterocycles. The third kappa shape index (κ3) is 2.89. The molecule has 1 heterocycles. The van der Waals surface area contributed by atoms with Crippen LogP contribution >= 0.6 is 0 Å². The molecular formula is C15H29NO2. The summed E-state index contributed by atoms with van der Waals surface area (Å²) in [6.07, 6.45) is 2.39. The van der Waals surface area contributed by atoms with Crippen molar-refractivity contribution in [2.24, 2.45) is 11.8 Å². The van der Waals surface area contributed by atoms with Gasteiger partial charge in [0, 0.05) is 19.0 Å². The first kappa shape index (κ1) is 14.3. The van der Waals surface area contributed by atoms with E-state index < -0.39 is 5.60 Å². The van der Waals surface area contributed by atoms with E-state index in [0.29, 0.717) is 0 Å². The van der Waals surface area contributed by atoms with Gasteiger partial charge in [0.05, 0.1) is 17.3 Å². The summed E-state index contributed by atoms with van der Waals surface area (Å²) in [5.74, 6) is 1.10. The van der Waals surface area contributed by atoms with Gasteiger partial charge in [-0.2, -0.15) is 0 Å². The average Bonchev–Trinajstić information content (AvgIpc) is 3.02. The fourth-order valence-electron chi connectivity index (χ4n) is 3.27. The molecule has 3 heteroatoms. The lowest BCUT2D eigenvalue weighted by atomic mass is 9.84. The molecule has 0 bridgehead atoms. The monoisotopic (exact) mass is 255 g/mol. The van der Waals surface area contributed by atoms with Gasteiger partial charge in [-0.3, -0.25) is 0 Å². The minimum atomic E-state index is -0.423. The lowest BCUT2D eigenvalue weighted by molar-refractivity contribution is -0.0913. The molecular weight excluding hydrogens is 226 g/mol. The second-order valence-corrected chi connectivity index (χ2v) is 7.16. The highest BCUT2D eigenvalue weighted by Gasteiger charge is 2.53. The molecule has 0 spiro atoms. The van der Waals surface area contributed by atoms with E-state index in [2.05, 4.69) is 25.7 Å². The molecule has 1 N–H and O–H groups in total. The van der Waals surface area contributed by atoms with Crippen molar-refractivity contribution in [1.82, 2.24) is 4.90 Å². The minimum absolute atomic E-state index is 0.200. The Bertz CT molecular complexity index is 297. The molecule has 0 aromatic rings. The maximum absolute atomic E-state index is 10.5. The predicted molar refractivity (Wildman–Crippen MR) is 73.6 cm³/mol. The molecule has 2 unspecified atom stereocenters. The fourth-order valence-corrected chi connectivity index (χ4v) is 3.27. The second kappa shape index (κ2) is 4.77. The van der Waals surface area contributed by atoms with E-state index in [-0.39, 0.29) is 17.6 Å². The fraction of sp³-hybridized carbons (Fsp3) is 1.00. The molecule has 2 rings (SSSR count). The van der Waals surface area contributed by atoms with Gasteiger partial charge in [-0.05, 0) is 53.0 Å². The van der Waals surface area contributed by atoms with Crippen LogP contribution in [0.3, 0.4) is 0 Å². The number of hydrogen-bond acceptors (Lipinski definition) is 3. The summed E-state index contributed by atoms with van der Waals surface area (Å²) >= 11 is 0. The van der Waals surface area contributed by atoms with Crippen molar-refractivity contribution in [2.45, 2.75) is 64.8 Å². The Labute approximate surface area is 112 Å².